The second-order valence-electron chi connectivity index (χ2n) is 4.32. The molecule has 18 heavy (non-hydrogen) atoms. The van der Waals surface area contributed by atoms with Crippen LogP contribution in [0.5, 0.6) is 0 Å². The molecule has 1 N–H and O–H groups in total. The van der Waals surface area contributed by atoms with Gasteiger partial charge in [-0.1, -0.05) is 0 Å². The molecule has 0 radical (unpaired) electrons. The van der Waals surface area contributed by atoms with Crippen molar-refractivity contribution in [2.75, 3.05) is 26.6 Å². The third-order valence-electron chi connectivity index (χ3n) is 3.04. The van der Waals surface area contributed by atoms with Gasteiger partial charge in [0.2, 0.25) is 0 Å². The van der Waals surface area contributed by atoms with E-state index in [4.69, 9.17) is 9.84 Å². The Morgan fingerprint density at radius 2 is 1.94 bits per heavy atom. The van der Waals surface area contributed by atoms with Gasteiger partial charge < -0.3 is 9.84 Å². The number of hydrogen-bond donors (Lipinski definition) is 1. The number of aliphatic hydroxyl groups excluding tert-OH is 1. The largest absolute Gasteiger partial charge is 0.381 e. The quantitative estimate of drug-likeness (QED) is 0.824. The lowest BCUT2D eigenvalue weighted by atomic mass is 9.95. The maximum atomic E-state index is 13.2. The minimum Gasteiger partial charge on any atom is -0.381 e. The summed E-state index contributed by atoms with van der Waals surface area (Å²) in [6.45, 7) is 0.935. The normalized spacial score (nSPS) is 21.9. The van der Waals surface area contributed by atoms with Crippen LogP contribution in [0.1, 0.15) is 17.9 Å². The summed E-state index contributed by atoms with van der Waals surface area (Å²) >= 11 is 0. The summed E-state index contributed by atoms with van der Waals surface area (Å²) in [6, 6.07) is 2.01. The summed E-state index contributed by atoms with van der Waals surface area (Å²) in [7, 11) is 0. The number of halogens is 3. The highest BCUT2D eigenvalue weighted by Crippen LogP contribution is 2.26. The van der Waals surface area contributed by atoms with Crippen molar-refractivity contribution in [3.8, 4) is 0 Å². The fourth-order valence-electron chi connectivity index (χ4n) is 2.06. The van der Waals surface area contributed by atoms with Crippen LogP contribution in [-0.4, -0.2) is 36.6 Å². The van der Waals surface area contributed by atoms with E-state index < -0.39 is 17.5 Å². The number of aliphatic hydroxyl groups is 1. The zero-order valence-electron chi connectivity index (χ0n) is 9.70. The second-order valence-corrected chi connectivity index (χ2v) is 4.32. The van der Waals surface area contributed by atoms with Gasteiger partial charge in [0.05, 0.1) is 6.73 Å². The van der Waals surface area contributed by atoms with Gasteiger partial charge >= 0.3 is 0 Å². The van der Waals surface area contributed by atoms with Crippen molar-refractivity contribution in [3.63, 3.8) is 0 Å². The molecule has 1 aliphatic heterocycles. The van der Waals surface area contributed by atoms with Crippen molar-refractivity contribution in [2.24, 2.45) is 0 Å². The molecule has 0 unspecified atom stereocenters. The highest BCUT2D eigenvalue weighted by atomic mass is 19.2. The van der Waals surface area contributed by atoms with Crippen molar-refractivity contribution >= 4 is 0 Å². The van der Waals surface area contributed by atoms with E-state index in [0.717, 1.165) is 12.1 Å². The van der Waals surface area contributed by atoms with E-state index in [2.05, 4.69) is 0 Å². The van der Waals surface area contributed by atoms with Crippen LogP contribution < -0.4 is 0 Å². The molecule has 0 aliphatic carbocycles. The van der Waals surface area contributed by atoms with Crippen molar-refractivity contribution in [2.45, 2.75) is 12.3 Å². The van der Waals surface area contributed by atoms with Gasteiger partial charge in [0.15, 0.2) is 17.5 Å². The van der Waals surface area contributed by atoms with Gasteiger partial charge in [0.25, 0.3) is 0 Å². The molecule has 3 nitrogen and oxygen atoms in total. The Labute approximate surface area is 103 Å². The summed E-state index contributed by atoms with van der Waals surface area (Å²) in [5.74, 6) is -4.02. The molecular formula is C12H14F3NO2. The van der Waals surface area contributed by atoms with Gasteiger partial charge in [-0.3, -0.25) is 4.90 Å². The van der Waals surface area contributed by atoms with Crippen LogP contribution in [0.4, 0.5) is 13.2 Å². The molecule has 1 saturated heterocycles. The van der Waals surface area contributed by atoms with Gasteiger partial charge in [-0.25, -0.2) is 13.2 Å². The summed E-state index contributed by atoms with van der Waals surface area (Å²) in [5, 5.41) is 9.07. The van der Waals surface area contributed by atoms with E-state index in [1.54, 1.807) is 4.90 Å². The molecule has 1 atom stereocenters. The fraction of sp³-hybridized carbons (Fsp3) is 0.500. The number of hydrogen-bond acceptors (Lipinski definition) is 3. The fourth-order valence-corrected chi connectivity index (χ4v) is 2.06. The molecule has 1 aromatic rings. The van der Waals surface area contributed by atoms with Crippen LogP contribution in [-0.2, 0) is 4.74 Å². The van der Waals surface area contributed by atoms with Crippen LogP contribution in [0.2, 0.25) is 0 Å². The zero-order chi connectivity index (χ0) is 13.1. The monoisotopic (exact) mass is 261 g/mol. The van der Waals surface area contributed by atoms with Crippen molar-refractivity contribution in [1.82, 2.24) is 4.90 Å². The molecule has 0 spiro atoms. The average Bonchev–Trinajstić information content (AvgIpc) is 2.60. The SMILES string of the molecule is OCN1COCC[C@H](c2cc(F)c(F)c(F)c2)C1. The maximum absolute atomic E-state index is 13.2. The lowest BCUT2D eigenvalue weighted by Gasteiger charge is -2.21. The Hall–Kier alpha value is -1.11. The first-order valence-corrected chi connectivity index (χ1v) is 5.67. The van der Waals surface area contributed by atoms with Crippen LogP contribution in [0.15, 0.2) is 12.1 Å². The number of nitrogens with zero attached hydrogens (tertiary/aromatic N) is 1. The lowest BCUT2D eigenvalue weighted by molar-refractivity contribution is 0.000966. The first kappa shape index (κ1) is 13.3. The highest BCUT2D eigenvalue weighted by Gasteiger charge is 2.22. The van der Waals surface area contributed by atoms with E-state index in [1.165, 1.54) is 0 Å². The Kier molecular flexibility index (Phi) is 4.21. The second kappa shape index (κ2) is 5.69. The molecule has 1 heterocycles. The molecule has 6 heteroatoms. The molecule has 1 fully saturated rings. The Bertz CT molecular complexity index is 405. The van der Waals surface area contributed by atoms with Crippen molar-refractivity contribution < 1.29 is 23.0 Å². The van der Waals surface area contributed by atoms with Crippen LogP contribution in [0.3, 0.4) is 0 Å². The first-order chi connectivity index (χ1) is 8.61. The zero-order valence-corrected chi connectivity index (χ0v) is 9.70. The summed E-state index contributed by atoms with van der Waals surface area (Å²) in [4.78, 5) is 1.61. The number of ether oxygens (including phenoxy) is 1. The van der Waals surface area contributed by atoms with Gasteiger partial charge in [0, 0.05) is 13.2 Å². The summed E-state index contributed by atoms with van der Waals surface area (Å²) in [6.07, 6.45) is 0.570. The van der Waals surface area contributed by atoms with E-state index in [0.29, 0.717) is 25.1 Å². The molecular weight excluding hydrogens is 247 g/mol. The van der Waals surface area contributed by atoms with E-state index in [-0.39, 0.29) is 19.4 Å². The molecule has 100 valence electrons. The van der Waals surface area contributed by atoms with E-state index in [9.17, 15) is 13.2 Å². The average molecular weight is 261 g/mol. The van der Waals surface area contributed by atoms with E-state index >= 15 is 0 Å². The van der Waals surface area contributed by atoms with Crippen LogP contribution in [0.25, 0.3) is 0 Å². The van der Waals surface area contributed by atoms with Crippen molar-refractivity contribution in [1.29, 1.82) is 0 Å². The van der Waals surface area contributed by atoms with E-state index in [1.807, 2.05) is 0 Å². The summed E-state index contributed by atoms with van der Waals surface area (Å²) < 4.78 is 44.4. The smallest absolute Gasteiger partial charge is 0.194 e. The van der Waals surface area contributed by atoms with Crippen molar-refractivity contribution in [3.05, 3.63) is 35.1 Å². The lowest BCUT2D eigenvalue weighted by Crippen LogP contribution is -2.29. The summed E-state index contributed by atoms with van der Waals surface area (Å²) in [5.41, 5.74) is 0.385. The van der Waals surface area contributed by atoms with Gasteiger partial charge in [-0.05, 0) is 30.0 Å². The van der Waals surface area contributed by atoms with Crippen LogP contribution in [0, 0.1) is 17.5 Å². The molecule has 1 aromatic carbocycles. The predicted molar refractivity (Wildman–Crippen MR) is 58.3 cm³/mol. The van der Waals surface area contributed by atoms with Gasteiger partial charge in [0.1, 0.15) is 6.73 Å². The molecule has 2 rings (SSSR count). The van der Waals surface area contributed by atoms with Crippen LogP contribution >= 0.6 is 0 Å². The molecule has 0 amide bonds. The Balaban J connectivity index is 2.24. The third kappa shape index (κ3) is 2.82. The minimum absolute atomic E-state index is 0.191. The minimum atomic E-state index is -1.46. The maximum Gasteiger partial charge on any atom is 0.194 e. The molecule has 0 aromatic heterocycles. The van der Waals surface area contributed by atoms with Gasteiger partial charge in [-0.2, -0.15) is 0 Å². The molecule has 0 bridgehead atoms. The Morgan fingerprint density at radius 1 is 1.28 bits per heavy atom. The topological polar surface area (TPSA) is 32.7 Å². The number of rotatable bonds is 2. The van der Waals surface area contributed by atoms with Gasteiger partial charge in [-0.15, -0.1) is 0 Å². The molecule has 1 aliphatic rings. The standard InChI is InChI=1S/C12H14F3NO2/c13-10-3-9(4-11(14)12(10)15)8-1-2-18-7-16(5-8)6-17/h3-4,8,17H,1-2,5-7H2/t8-/m0/s1. The number of benzene rings is 1. The first-order valence-electron chi connectivity index (χ1n) is 5.67. The predicted octanol–water partition coefficient (Wildman–Crippen LogP) is 1.82. The highest BCUT2D eigenvalue weighted by molar-refractivity contribution is 5.23. The molecule has 0 saturated carbocycles. The third-order valence-corrected chi connectivity index (χ3v) is 3.04. The Morgan fingerprint density at radius 3 is 2.56 bits per heavy atom.